The predicted octanol–water partition coefficient (Wildman–Crippen LogP) is 4.19. The number of benzene rings is 1. The Morgan fingerprint density at radius 1 is 1.15 bits per heavy atom. The van der Waals surface area contributed by atoms with Gasteiger partial charge >= 0.3 is 0 Å². The van der Waals surface area contributed by atoms with Gasteiger partial charge < -0.3 is 5.32 Å². The summed E-state index contributed by atoms with van der Waals surface area (Å²) in [5.74, 6) is 0.223. The molecule has 0 atom stereocenters. The standard InChI is InChI=1S/C18H27NO/c1-2-3-5-12-17(20)19-15-18(13-8-9-14-18)16-10-6-4-7-11-16/h4,6-7,10-11H,2-3,5,8-9,12-15H2,1H3,(H,19,20). The Bertz CT molecular complexity index is 407. The fraction of sp³-hybridized carbons (Fsp3) is 0.611. The number of rotatable bonds is 7. The van der Waals surface area contributed by atoms with Crippen LogP contribution >= 0.6 is 0 Å². The summed E-state index contributed by atoms with van der Waals surface area (Å²) in [6.45, 7) is 2.98. The molecule has 0 radical (unpaired) electrons. The molecule has 0 spiro atoms. The minimum atomic E-state index is 0.182. The molecule has 0 unspecified atom stereocenters. The maximum atomic E-state index is 11.9. The van der Waals surface area contributed by atoms with Crippen LogP contribution in [0.15, 0.2) is 30.3 Å². The summed E-state index contributed by atoms with van der Waals surface area (Å²) in [6, 6.07) is 10.7. The van der Waals surface area contributed by atoms with Crippen LogP contribution in [0, 0.1) is 0 Å². The molecular formula is C18H27NO. The molecule has 0 saturated heterocycles. The first-order valence-corrected chi connectivity index (χ1v) is 8.09. The van der Waals surface area contributed by atoms with Crippen LogP contribution in [0.1, 0.15) is 63.9 Å². The van der Waals surface area contributed by atoms with Crippen LogP contribution in [0.2, 0.25) is 0 Å². The van der Waals surface area contributed by atoms with Crippen LogP contribution in [0.5, 0.6) is 0 Å². The summed E-state index contributed by atoms with van der Waals surface area (Å²) in [7, 11) is 0. The molecule has 1 amide bonds. The van der Waals surface area contributed by atoms with Crippen LogP contribution < -0.4 is 5.32 Å². The number of nitrogens with one attached hydrogen (secondary N) is 1. The maximum Gasteiger partial charge on any atom is 0.220 e. The Morgan fingerprint density at radius 3 is 2.50 bits per heavy atom. The van der Waals surface area contributed by atoms with Gasteiger partial charge in [0, 0.05) is 18.4 Å². The van der Waals surface area contributed by atoms with Gasteiger partial charge in [-0.2, -0.15) is 0 Å². The molecule has 1 aromatic carbocycles. The van der Waals surface area contributed by atoms with Gasteiger partial charge in [0.2, 0.25) is 5.91 Å². The van der Waals surface area contributed by atoms with E-state index in [1.54, 1.807) is 0 Å². The van der Waals surface area contributed by atoms with Crippen LogP contribution in [-0.2, 0) is 10.2 Å². The van der Waals surface area contributed by atoms with E-state index in [0.29, 0.717) is 6.42 Å². The van der Waals surface area contributed by atoms with Gasteiger partial charge in [-0.25, -0.2) is 0 Å². The third-order valence-corrected chi connectivity index (χ3v) is 4.58. The average Bonchev–Trinajstić information content (AvgIpc) is 2.97. The molecule has 1 aliphatic carbocycles. The lowest BCUT2D eigenvalue weighted by atomic mass is 9.79. The highest BCUT2D eigenvalue weighted by atomic mass is 16.1. The first kappa shape index (κ1) is 15.1. The maximum absolute atomic E-state index is 11.9. The lowest BCUT2D eigenvalue weighted by molar-refractivity contribution is -0.121. The van der Waals surface area contributed by atoms with Crippen molar-refractivity contribution in [3.8, 4) is 0 Å². The van der Waals surface area contributed by atoms with E-state index in [-0.39, 0.29) is 11.3 Å². The lowest BCUT2D eigenvalue weighted by Crippen LogP contribution is -2.38. The Labute approximate surface area is 123 Å². The normalized spacial score (nSPS) is 17.1. The quantitative estimate of drug-likeness (QED) is 0.741. The molecule has 1 aromatic rings. The predicted molar refractivity (Wildman–Crippen MR) is 83.7 cm³/mol. The van der Waals surface area contributed by atoms with E-state index in [4.69, 9.17) is 0 Å². The van der Waals surface area contributed by atoms with E-state index < -0.39 is 0 Å². The number of carbonyl (C=O) groups is 1. The molecule has 0 bridgehead atoms. The van der Waals surface area contributed by atoms with Crippen LogP contribution in [0.4, 0.5) is 0 Å². The number of amides is 1. The minimum absolute atomic E-state index is 0.182. The highest BCUT2D eigenvalue weighted by molar-refractivity contribution is 5.76. The summed E-state index contributed by atoms with van der Waals surface area (Å²) in [6.07, 6.45) is 8.97. The Hall–Kier alpha value is -1.31. The van der Waals surface area contributed by atoms with Crippen molar-refractivity contribution in [2.75, 3.05) is 6.54 Å². The van der Waals surface area contributed by atoms with Crippen LogP contribution in [0.25, 0.3) is 0 Å². The second-order valence-electron chi connectivity index (χ2n) is 6.09. The van der Waals surface area contributed by atoms with Gasteiger partial charge in [0.25, 0.3) is 0 Å². The highest BCUT2D eigenvalue weighted by Gasteiger charge is 2.35. The summed E-state index contributed by atoms with van der Waals surface area (Å²) in [4.78, 5) is 11.9. The number of hydrogen-bond acceptors (Lipinski definition) is 1. The lowest BCUT2D eigenvalue weighted by Gasteiger charge is -2.30. The summed E-state index contributed by atoms with van der Waals surface area (Å²) in [5, 5.41) is 3.18. The van der Waals surface area contributed by atoms with Gasteiger partial charge in [-0.15, -0.1) is 0 Å². The van der Waals surface area contributed by atoms with Crippen molar-refractivity contribution in [1.29, 1.82) is 0 Å². The minimum Gasteiger partial charge on any atom is -0.355 e. The molecule has 1 saturated carbocycles. The van der Waals surface area contributed by atoms with Gasteiger partial charge in [0.05, 0.1) is 0 Å². The van der Waals surface area contributed by atoms with Crippen molar-refractivity contribution < 1.29 is 4.79 Å². The van der Waals surface area contributed by atoms with E-state index >= 15 is 0 Å². The van der Waals surface area contributed by atoms with Crippen molar-refractivity contribution in [3.63, 3.8) is 0 Å². The zero-order valence-electron chi connectivity index (χ0n) is 12.7. The summed E-state index contributed by atoms with van der Waals surface area (Å²) < 4.78 is 0. The van der Waals surface area contributed by atoms with Gasteiger partial charge in [-0.3, -0.25) is 4.79 Å². The second kappa shape index (κ2) is 7.47. The largest absolute Gasteiger partial charge is 0.355 e. The molecule has 20 heavy (non-hydrogen) atoms. The number of carbonyl (C=O) groups excluding carboxylic acids is 1. The van der Waals surface area contributed by atoms with E-state index in [2.05, 4.69) is 42.6 Å². The molecule has 2 rings (SSSR count). The molecule has 0 heterocycles. The topological polar surface area (TPSA) is 29.1 Å². The van der Waals surface area contributed by atoms with Crippen LogP contribution in [-0.4, -0.2) is 12.5 Å². The number of unbranched alkanes of at least 4 members (excludes halogenated alkanes) is 2. The first-order chi connectivity index (χ1) is 9.77. The second-order valence-corrected chi connectivity index (χ2v) is 6.09. The fourth-order valence-electron chi connectivity index (χ4n) is 3.30. The van der Waals surface area contributed by atoms with Crippen molar-refractivity contribution in [2.45, 2.75) is 63.7 Å². The van der Waals surface area contributed by atoms with E-state index in [0.717, 1.165) is 19.4 Å². The third kappa shape index (κ3) is 3.84. The SMILES string of the molecule is CCCCCC(=O)NCC1(c2ccccc2)CCCC1. The molecule has 1 fully saturated rings. The first-order valence-electron chi connectivity index (χ1n) is 8.09. The zero-order chi connectivity index (χ0) is 14.3. The smallest absolute Gasteiger partial charge is 0.220 e. The molecule has 2 nitrogen and oxygen atoms in total. The molecule has 0 aromatic heterocycles. The van der Waals surface area contributed by atoms with Gasteiger partial charge in [-0.05, 0) is 24.8 Å². The Morgan fingerprint density at radius 2 is 1.85 bits per heavy atom. The fourth-order valence-corrected chi connectivity index (χ4v) is 3.30. The monoisotopic (exact) mass is 273 g/mol. The Kier molecular flexibility index (Phi) is 5.63. The highest BCUT2D eigenvalue weighted by Crippen LogP contribution is 2.40. The van der Waals surface area contributed by atoms with Crippen molar-refractivity contribution in [3.05, 3.63) is 35.9 Å². The summed E-state index contributed by atoms with van der Waals surface area (Å²) >= 11 is 0. The van der Waals surface area contributed by atoms with Crippen LogP contribution in [0.3, 0.4) is 0 Å². The van der Waals surface area contributed by atoms with Crippen molar-refractivity contribution >= 4 is 5.91 Å². The van der Waals surface area contributed by atoms with Gasteiger partial charge in [0.1, 0.15) is 0 Å². The molecule has 1 N–H and O–H groups in total. The van der Waals surface area contributed by atoms with Crippen molar-refractivity contribution in [1.82, 2.24) is 5.32 Å². The molecule has 0 aliphatic heterocycles. The van der Waals surface area contributed by atoms with E-state index in [1.807, 2.05) is 0 Å². The van der Waals surface area contributed by atoms with Gasteiger partial charge in [-0.1, -0.05) is 62.9 Å². The molecule has 110 valence electrons. The number of hydrogen-bond donors (Lipinski definition) is 1. The molecular weight excluding hydrogens is 246 g/mol. The van der Waals surface area contributed by atoms with E-state index in [9.17, 15) is 4.79 Å². The van der Waals surface area contributed by atoms with Crippen molar-refractivity contribution in [2.24, 2.45) is 0 Å². The zero-order valence-corrected chi connectivity index (χ0v) is 12.7. The average molecular weight is 273 g/mol. The summed E-state index contributed by atoms with van der Waals surface area (Å²) in [5.41, 5.74) is 1.58. The molecule has 2 heteroatoms. The molecule has 1 aliphatic rings. The van der Waals surface area contributed by atoms with E-state index in [1.165, 1.54) is 37.7 Å². The van der Waals surface area contributed by atoms with Gasteiger partial charge in [0.15, 0.2) is 0 Å². The Balaban J connectivity index is 1.92. The third-order valence-electron chi connectivity index (χ3n) is 4.58.